The van der Waals surface area contributed by atoms with Crippen molar-refractivity contribution in [2.75, 3.05) is 19.8 Å². The van der Waals surface area contributed by atoms with Gasteiger partial charge in [0, 0.05) is 12.8 Å². The first-order valence-corrected chi connectivity index (χ1v) is 5.46. The lowest BCUT2D eigenvalue weighted by molar-refractivity contribution is 0.0407. The first kappa shape index (κ1) is 12.4. The lowest BCUT2D eigenvalue weighted by atomic mass is 10.3. The summed E-state index contributed by atoms with van der Waals surface area (Å²) in [7, 11) is 0. The van der Waals surface area contributed by atoms with Gasteiger partial charge in [-0.25, -0.2) is 4.98 Å². The Bertz CT molecular complexity index is 264. The third-order valence-electron chi connectivity index (χ3n) is 1.78. The molecule has 0 radical (unpaired) electrons. The minimum atomic E-state index is 0.505. The molecular weight excluding hydrogens is 214 g/mol. The highest BCUT2D eigenvalue weighted by Crippen LogP contribution is 2.05. The number of nitrogens with zero attached hydrogens (tertiary/aromatic N) is 1. The summed E-state index contributed by atoms with van der Waals surface area (Å²) in [6.45, 7) is 4.70. The lowest BCUT2D eigenvalue weighted by Crippen LogP contribution is -2.04. The van der Waals surface area contributed by atoms with Gasteiger partial charge in [0.15, 0.2) is 0 Å². The molecule has 0 spiro atoms. The standard InChI is InChI=1S/C11H16ClNO2/c1-2-5-14-6-7-15-9-10-3-4-11(12)13-8-10/h3-4,8H,2,5-7,9H2,1H3. The SMILES string of the molecule is CCCOCCOCc1ccc(Cl)nc1. The number of hydrogen-bond acceptors (Lipinski definition) is 3. The van der Waals surface area contributed by atoms with Crippen LogP contribution in [0.25, 0.3) is 0 Å². The summed E-state index contributed by atoms with van der Waals surface area (Å²) in [6, 6.07) is 3.66. The van der Waals surface area contributed by atoms with Crippen LogP contribution in [-0.2, 0) is 16.1 Å². The van der Waals surface area contributed by atoms with E-state index in [-0.39, 0.29) is 0 Å². The first-order chi connectivity index (χ1) is 7.33. The Hall–Kier alpha value is -0.640. The molecule has 1 rings (SSSR count). The summed E-state index contributed by atoms with van der Waals surface area (Å²) < 4.78 is 10.7. The summed E-state index contributed by atoms with van der Waals surface area (Å²) in [5.41, 5.74) is 1.02. The van der Waals surface area contributed by atoms with Crippen LogP contribution < -0.4 is 0 Å². The number of aromatic nitrogens is 1. The van der Waals surface area contributed by atoms with Crippen LogP contribution in [0.2, 0.25) is 5.15 Å². The highest BCUT2D eigenvalue weighted by Gasteiger charge is 1.94. The molecule has 15 heavy (non-hydrogen) atoms. The Morgan fingerprint density at radius 3 is 2.67 bits per heavy atom. The van der Waals surface area contributed by atoms with Crippen molar-refractivity contribution in [2.24, 2.45) is 0 Å². The molecule has 4 heteroatoms. The average Bonchev–Trinajstić information content (AvgIpc) is 2.26. The van der Waals surface area contributed by atoms with Gasteiger partial charge in [0.1, 0.15) is 5.15 Å². The van der Waals surface area contributed by atoms with Gasteiger partial charge in [0.05, 0.1) is 19.8 Å². The predicted octanol–water partition coefficient (Wildman–Crippen LogP) is 2.68. The van der Waals surface area contributed by atoms with Crippen LogP contribution in [0.5, 0.6) is 0 Å². The Kier molecular flexibility index (Phi) is 6.32. The molecule has 84 valence electrons. The van der Waals surface area contributed by atoms with Crippen LogP contribution in [0, 0.1) is 0 Å². The summed E-state index contributed by atoms with van der Waals surface area (Å²) in [4.78, 5) is 3.96. The first-order valence-electron chi connectivity index (χ1n) is 5.09. The number of rotatable bonds is 7. The zero-order chi connectivity index (χ0) is 10.9. The molecule has 0 bridgehead atoms. The Morgan fingerprint density at radius 1 is 1.20 bits per heavy atom. The molecule has 0 fully saturated rings. The molecule has 3 nitrogen and oxygen atoms in total. The van der Waals surface area contributed by atoms with Crippen molar-refractivity contribution in [3.8, 4) is 0 Å². The van der Waals surface area contributed by atoms with Crippen LogP contribution in [0.1, 0.15) is 18.9 Å². The van der Waals surface area contributed by atoms with Crippen LogP contribution in [-0.4, -0.2) is 24.8 Å². The summed E-state index contributed by atoms with van der Waals surface area (Å²) >= 11 is 5.66. The van der Waals surface area contributed by atoms with Crippen LogP contribution in [0.4, 0.5) is 0 Å². The monoisotopic (exact) mass is 229 g/mol. The van der Waals surface area contributed by atoms with E-state index in [1.54, 1.807) is 12.3 Å². The summed E-state index contributed by atoms with van der Waals surface area (Å²) in [6.07, 6.45) is 2.76. The van der Waals surface area contributed by atoms with Crippen molar-refractivity contribution >= 4 is 11.6 Å². The molecule has 1 aromatic heterocycles. The third-order valence-corrected chi connectivity index (χ3v) is 2.00. The maximum atomic E-state index is 5.66. The fourth-order valence-corrected chi connectivity index (χ4v) is 1.16. The number of hydrogen-bond donors (Lipinski definition) is 0. The van der Waals surface area contributed by atoms with Gasteiger partial charge in [-0.3, -0.25) is 0 Å². The fraction of sp³-hybridized carbons (Fsp3) is 0.545. The van der Waals surface area contributed by atoms with Crippen molar-refractivity contribution < 1.29 is 9.47 Å². The van der Waals surface area contributed by atoms with Gasteiger partial charge in [-0.15, -0.1) is 0 Å². The Balaban J connectivity index is 2.07. The fourth-order valence-electron chi connectivity index (χ4n) is 1.05. The maximum absolute atomic E-state index is 5.66. The number of halogens is 1. The van der Waals surface area contributed by atoms with Gasteiger partial charge in [-0.1, -0.05) is 24.6 Å². The van der Waals surface area contributed by atoms with Gasteiger partial charge in [-0.2, -0.15) is 0 Å². The zero-order valence-electron chi connectivity index (χ0n) is 8.91. The minimum absolute atomic E-state index is 0.505. The summed E-state index contributed by atoms with van der Waals surface area (Å²) in [5.74, 6) is 0. The van der Waals surface area contributed by atoms with E-state index in [9.17, 15) is 0 Å². The van der Waals surface area contributed by atoms with E-state index < -0.39 is 0 Å². The molecule has 0 aromatic carbocycles. The molecule has 0 aliphatic rings. The highest BCUT2D eigenvalue weighted by atomic mass is 35.5. The number of ether oxygens (including phenoxy) is 2. The second-order valence-corrected chi connectivity index (χ2v) is 3.54. The van der Waals surface area contributed by atoms with E-state index in [0.29, 0.717) is 25.0 Å². The zero-order valence-corrected chi connectivity index (χ0v) is 9.67. The number of pyridine rings is 1. The molecule has 0 N–H and O–H groups in total. The van der Waals surface area contributed by atoms with Gasteiger partial charge in [-0.05, 0) is 18.1 Å². The van der Waals surface area contributed by atoms with Gasteiger partial charge in [0.25, 0.3) is 0 Å². The van der Waals surface area contributed by atoms with Crippen molar-refractivity contribution in [3.05, 3.63) is 29.0 Å². The molecule has 0 atom stereocenters. The molecule has 0 amide bonds. The molecule has 0 aliphatic carbocycles. The van der Waals surface area contributed by atoms with Gasteiger partial charge >= 0.3 is 0 Å². The molecule has 0 saturated carbocycles. The van der Waals surface area contributed by atoms with Crippen molar-refractivity contribution in [1.82, 2.24) is 4.98 Å². The van der Waals surface area contributed by atoms with E-state index in [2.05, 4.69) is 11.9 Å². The normalized spacial score (nSPS) is 10.5. The molecule has 1 aromatic rings. The maximum Gasteiger partial charge on any atom is 0.129 e. The van der Waals surface area contributed by atoms with Crippen LogP contribution in [0.15, 0.2) is 18.3 Å². The summed E-state index contributed by atoms with van der Waals surface area (Å²) in [5, 5.41) is 0.505. The van der Waals surface area contributed by atoms with E-state index in [1.165, 1.54) is 0 Å². The Labute approximate surface area is 95.4 Å². The molecule has 1 heterocycles. The highest BCUT2D eigenvalue weighted by molar-refractivity contribution is 6.29. The Morgan fingerprint density at radius 2 is 2.00 bits per heavy atom. The third kappa shape index (κ3) is 5.72. The molecule has 0 saturated heterocycles. The van der Waals surface area contributed by atoms with Crippen LogP contribution in [0.3, 0.4) is 0 Å². The van der Waals surface area contributed by atoms with E-state index >= 15 is 0 Å². The van der Waals surface area contributed by atoms with E-state index in [1.807, 2.05) is 6.07 Å². The van der Waals surface area contributed by atoms with E-state index in [4.69, 9.17) is 21.1 Å². The van der Waals surface area contributed by atoms with Gasteiger partial charge in [0.2, 0.25) is 0 Å². The quantitative estimate of drug-likeness (QED) is 0.532. The van der Waals surface area contributed by atoms with Gasteiger partial charge < -0.3 is 9.47 Å². The largest absolute Gasteiger partial charge is 0.379 e. The van der Waals surface area contributed by atoms with E-state index in [0.717, 1.165) is 18.6 Å². The molecule has 0 aliphatic heterocycles. The molecule has 0 unspecified atom stereocenters. The predicted molar refractivity (Wildman–Crippen MR) is 60.0 cm³/mol. The van der Waals surface area contributed by atoms with Crippen molar-refractivity contribution in [3.63, 3.8) is 0 Å². The smallest absolute Gasteiger partial charge is 0.129 e. The lowest BCUT2D eigenvalue weighted by Gasteiger charge is -2.04. The molecular formula is C11H16ClNO2. The minimum Gasteiger partial charge on any atom is -0.379 e. The van der Waals surface area contributed by atoms with Crippen LogP contribution >= 0.6 is 11.6 Å². The van der Waals surface area contributed by atoms with Crippen molar-refractivity contribution in [2.45, 2.75) is 20.0 Å². The van der Waals surface area contributed by atoms with Crippen molar-refractivity contribution in [1.29, 1.82) is 0 Å². The second kappa shape index (κ2) is 7.63. The second-order valence-electron chi connectivity index (χ2n) is 3.15. The average molecular weight is 230 g/mol. The topological polar surface area (TPSA) is 31.4 Å².